The highest BCUT2D eigenvalue weighted by Crippen LogP contribution is 2.22. The Balaban J connectivity index is 1.64. The smallest absolute Gasteiger partial charge is 0.224 e. The fourth-order valence-corrected chi connectivity index (χ4v) is 2.39. The van der Waals surface area contributed by atoms with E-state index in [4.69, 9.17) is 0 Å². The Labute approximate surface area is 138 Å². The molecule has 0 radical (unpaired) electrons. The molecule has 0 unspecified atom stereocenters. The van der Waals surface area contributed by atoms with Crippen LogP contribution in [0.5, 0.6) is 0 Å². The van der Waals surface area contributed by atoms with Gasteiger partial charge in [-0.05, 0) is 24.3 Å². The minimum Gasteiger partial charge on any atom is -0.341 e. The number of nitrogens with one attached hydrogen (secondary N) is 1. The number of aryl methyl sites for hydroxylation is 1. The van der Waals surface area contributed by atoms with Gasteiger partial charge in [0.15, 0.2) is 0 Å². The average molecular weight is 328 g/mol. The molecular weight excluding hydrogens is 311 g/mol. The quantitative estimate of drug-likeness (QED) is 0.749. The summed E-state index contributed by atoms with van der Waals surface area (Å²) in [5.41, 5.74) is 2.48. The second-order valence-corrected chi connectivity index (χ2v) is 5.44. The molecule has 1 amide bonds. The standard InChI is InChI=1S/C16H17FN6O/c1-22(15(24)6-7-23-11-18-10-20-23)9-13-8-19-21-16(13)12-2-4-14(17)5-3-12/h2-5,8,10-11H,6-7,9H2,1H3,(H,19,21). The molecule has 2 heterocycles. The minimum absolute atomic E-state index is 0.00300. The van der Waals surface area contributed by atoms with Crippen molar-refractivity contribution < 1.29 is 9.18 Å². The van der Waals surface area contributed by atoms with Gasteiger partial charge in [-0.25, -0.2) is 9.37 Å². The van der Waals surface area contributed by atoms with Crippen molar-refractivity contribution in [3.8, 4) is 11.3 Å². The van der Waals surface area contributed by atoms with Crippen LogP contribution in [0.2, 0.25) is 0 Å². The second-order valence-electron chi connectivity index (χ2n) is 5.44. The van der Waals surface area contributed by atoms with Gasteiger partial charge < -0.3 is 4.90 Å². The Kier molecular flexibility index (Phi) is 4.64. The summed E-state index contributed by atoms with van der Waals surface area (Å²) in [6.45, 7) is 0.902. The maximum absolute atomic E-state index is 13.1. The molecule has 8 heteroatoms. The summed E-state index contributed by atoms with van der Waals surface area (Å²) in [4.78, 5) is 17.7. The van der Waals surface area contributed by atoms with Gasteiger partial charge in [-0.1, -0.05) is 0 Å². The molecule has 0 saturated carbocycles. The van der Waals surface area contributed by atoms with E-state index in [1.165, 1.54) is 18.5 Å². The van der Waals surface area contributed by atoms with Crippen LogP contribution in [0.25, 0.3) is 11.3 Å². The number of H-pyrrole nitrogens is 1. The highest BCUT2D eigenvalue weighted by molar-refractivity contribution is 5.76. The number of aromatic amines is 1. The van der Waals surface area contributed by atoms with Crippen molar-refractivity contribution in [3.05, 3.63) is 54.5 Å². The normalized spacial score (nSPS) is 10.8. The zero-order chi connectivity index (χ0) is 16.9. The molecule has 0 fully saturated rings. The first-order valence-electron chi connectivity index (χ1n) is 7.48. The van der Waals surface area contributed by atoms with Gasteiger partial charge >= 0.3 is 0 Å². The van der Waals surface area contributed by atoms with Crippen molar-refractivity contribution in [2.24, 2.45) is 0 Å². The van der Waals surface area contributed by atoms with Crippen molar-refractivity contribution in [1.82, 2.24) is 29.9 Å². The number of hydrogen-bond acceptors (Lipinski definition) is 4. The molecule has 124 valence electrons. The number of hydrogen-bond donors (Lipinski definition) is 1. The first-order valence-corrected chi connectivity index (χ1v) is 7.48. The van der Waals surface area contributed by atoms with E-state index in [1.54, 1.807) is 41.3 Å². The van der Waals surface area contributed by atoms with Crippen molar-refractivity contribution >= 4 is 5.91 Å². The number of nitrogens with zero attached hydrogens (tertiary/aromatic N) is 5. The first-order chi connectivity index (χ1) is 11.6. The lowest BCUT2D eigenvalue weighted by molar-refractivity contribution is -0.130. The maximum Gasteiger partial charge on any atom is 0.224 e. The third-order valence-electron chi connectivity index (χ3n) is 3.71. The monoisotopic (exact) mass is 328 g/mol. The third-order valence-corrected chi connectivity index (χ3v) is 3.71. The van der Waals surface area contributed by atoms with E-state index in [2.05, 4.69) is 20.3 Å². The van der Waals surface area contributed by atoms with E-state index in [0.717, 1.165) is 16.8 Å². The molecule has 1 aromatic carbocycles. The fraction of sp³-hybridized carbons (Fsp3) is 0.250. The zero-order valence-corrected chi connectivity index (χ0v) is 13.2. The molecule has 7 nitrogen and oxygen atoms in total. The Morgan fingerprint density at radius 3 is 2.83 bits per heavy atom. The van der Waals surface area contributed by atoms with Crippen LogP contribution >= 0.6 is 0 Å². The van der Waals surface area contributed by atoms with Gasteiger partial charge in [-0.15, -0.1) is 0 Å². The molecule has 3 aromatic rings. The summed E-state index contributed by atoms with van der Waals surface area (Å²) in [5.74, 6) is -0.294. The highest BCUT2D eigenvalue weighted by atomic mass is 19.1. The summed E-state index contributed by atoms with van der Waals surface area (Å²) in [7, 11) is 1.74. The molecule has 0 aliphatic heterocycles. The maximum atomic E-state index is 13.1. The van der Waals surface area contributed by atoms with E-state index in [0.29, 0.717) is 19.5 Å². The Morgan fingerprint density at radius 2 is 2.12 bits per heavy atom. The van der Waals surface area contributed by atoms with Gasteiger partial charge in [0.25, 0.3) is 0 Å². The predicted octanol–water partition coefficient (Wildman–Crippen LogP) is 1.86. The number of carbonyl (C=O) groups is 1. The minimum atomic E-state index is -0.291. The van der Waals surface area contributed by atoms with Crippen molar-refractivity contribution in [2.45, 2.75) is 19.5 Å². The molecule has 0 spiro atoms. The predicted molar refractivity (Wildman–Crippen MR) is 85.1 cm³/mol. The van der Waals surface area contributed by atoms with E-state index >= 15 is 0 Å². The lowest BCUT2D eigenvalue weighted by atomic mass is 10.1. The van der Waals surface area contributed by atoms with Gasteiger partial charge in [-0.3, -0.25) is 14.6 Å². The molecule has 0 aliphatic rings. The SMILES string of the molecule is CN(Cc1cn[nH]c1-c1ccc(F)cc1)C(=O)CCn1cncn1. The van der Waals surface area contributed by atoms with Crippen molar-refractivity contribution in [2.75, 3.05) is 7.05 Å². The summed E-state index contributed by atoms with van der Waals surface area (Å²) < 4.78 is 14.7. The number of halogens is 1. The number of benzene rings is 1. The van der Waals surface area contributed by atoms with E-state index in [1.807, 2.05) is 0 Å². The molecule has 1 N–H and O–H groups in total. The number of amides is 1. The van der Waals surface area contributed by atoms with Crippen LogP contribution in [-0.2, 0) is 17.9 Å². The summed E-state index contributed by atoms with van der Waals surface area (Å²) in [6.07, 6.45) is 5.04. The lowest BCUT2D eigenvalue weighted by Gasteiger charge is -2.17. The highest BCUT2D eigenvalue weighted by Gasteiger charge is 2.14. The summed E-state index contributed by atoms with van der Waals surface area (Å²) >= 11 is 0. The molecule has 3 rings (SSSR count). The van der Waals surface area contributed by atoms with Gasteiger partial charge in [0.1, 0.15) is 18.5 Å². The third kappa shape index (κ3) is 3.65. The molecule has 0 atom stereocenters. The molecule has 2 aromatic heterocycles. The molecule has 0 saturated heterocycles. The Bertz CT molecular complexity index is 796. The average Bonchev–Trinajstić information content (AvgIpc) is 3.25. The molecular formula is C16H17FN6O. The van der Waals surface area contributed by atoms with Crippen LogP contribution in [-0.4, -0.2) is 42.8 Å². The Hall–Kier alpha value is -3.03. The van der Waals surface area contributed by atoms with Crippen molar-refractivity contribution in [3.63, 3.8) is 0 Å². The number of aromatic nitrogens is 5. The van der Waals surface area contributed by atoms with E-state index in [9.17, 15) is 9.18 Å². The number of carbonyl (C=O) groups excluding carboxylic acids is 1. The number of rotatable bonds is 6. The van der Waals surface area contributed by atoms with Crippen LogP contribution in [0.1, 0.15) is 12.0 Å². The van der Waals surface area contributed by atoms with Crippen molar-refractivity contribution in [1.29, 1.82) is 0 Å². The fourth-order valence-electron chi connectivity index (χ4n) is 2.39. The summed E-state index contributed by atoms with van der Waals surface area (Å²) in [5, 5.41) is 10.9. The molecule has 0 bridgehead atoms. The van der Waals surface area contributed by atoms with E-state index < -0.39 is 0 Å². The second kappa shape index (κ2) is 7.03. The largest absolute Gasteiger partial charge is 0.341 e. The van der Waals surface area contributed by atoms with Crippen LogP contribution < -0.4 is 0 Å². The van der Waals surface area contributed by atoms with Gasteiger partial charge in [0, 0.05) is 31.1 Å². The zero-order valence-electron chi connectivity index (χ0n) is 13.2. The van der Waals surface area contributed by atoms with Crippen LogP contribution in [0.3, 0.4) is 0 Å². The van der Waals surface area contributed by atoms with Gasteiger partial charge in [0.05, 0.1) is 18.4 Å². The first kappa shape index (κ1) is 15.9. The van der Waals surface area contributed by atoms with Crippen LogP contribution in [0.15, 0.2) is 43.1 Å². The molecule has 0 aliphatic carbocycles. The van der Waals surface area contributed by atoms with Gasteiger partial charge in [0.2, 0.25) is 5.91 Å². The summed E-state index contributed by atoms with van der Waals surface area (Å²) in [6, 6.07) is 6.15. The van der Waals surface area contributed by atoms with Crippen LogP contribution in [0.4, 0.5) is 4.39 Å². The lowest BCUT2D eigenvalue weighted by Crippen LogP contribution is -2.27. The topological polar surface area (TPSA) is 79.7 Å². The van der Waals surface area contributed by atoms with E-state index in [-0.39, 0.29) is 11.7 Å². The molecule has 24 heavy (non-hydrogen) atoms. The van der Waals surface area contributed by atoms with Gasteiger partial charge in [-0.2, -0.15) is 10.2 Å². The van der Waals surface area contributed by atoms with Crippen LogP contribution in [0, 0.1) is 5.82 Å². The Morgan fingerprint density at radius 1 is 1.33 bits per heavy atom.